The van der Waals surface area contributed by atoms with Gasteiger partial charge in [-0.3, -0.25) is 0 Å². The average molecular weight is 338 g/mol. The summed E-state index contributed by atoms with van der Waals surface area (Å²) in [6, 6.07) is 17.4. The number of hydrogen-bond donors (Lipinski definition) is 3. The first-order chi connectivity index (χ1) is 12.2. The molecule has 130 valence electrons. The number of amides is 2. The van der Waals surface area contributed by atoms with Crippen molar-refractivity contribution in [2.75, 3.05) is 13.1 Å². The van der Waals surface area contributed by atoms with Crippen LogP contribution in [-0.4, -0.2) is 24.2 Å². The van der Waals surface area contributed by atoms with Crippen LogP contribution in [0.15, 0.2) is 59.0 Å². The van der Waals surface area contributed by atoms with Crippen LogP contribution >= 0.6 is 0 Å². The van der Waals surface area contributed by atoms with E-state index in [1.165, 1.54) is 0 Å². The number of nitrogens with one attached hydrogen (secondary N) is 2. The van der Waals surface area contributed by atoms with Gasteiger partial charge in [0.2, 0.25) is 0 Å². The van der Waals surface area contributed by atoms with Gasteiger partial charge in [0.25, 0.3) is 0 Å². The lowest BCUT2D eigenvalue weighted by Gasteiger charge is -2.07. The maximum atomic E-state index is 11.8. The molecule has 1 aromatic heterocycles. The number of aliphatic hydroxyl groups is 1. The zero-order chi connectivity index (χ0) is 17.5. The first-order valence-electron chi connectivity index (χ1n) is 8.42. The third-order valence-corrected chi connectivity index (χ3v) is 4.04. The zero-order valence-corrected chi connectivity index (χ0v) is 14.0. The lowest BCUT2D eigenvalue weighted by molar-refractivity contribution is 0.241. The first kappa shape index (κ1) is 17.0. The summed E-state index contributed by atoms with van der Waals surface area (Å²) < 4.78 is 5.72. The van der Waals surface area contributed by atoms with Gasteiger partial charge in [-0.2, -0.15) is 0 Å². The second-order valence-electron chi connectivity index (χ2n) is 5.91. The van der Waals surface area contributed by atoms with Crippen LogP contribution in [-0.2, 0) is 19.4 Å². The molecule has 0 saturated heterocycles. The quantitative estimate of drug-likeness (QED) is 0.620. The fraction of sp³-hybridized carbons (Fsp3) is 0.250. The van der Waals surface area contributed by atoms with E-state index >= 15 is 0 Å². The molecule has 0 atom stereocenters. The molecular weight excluding hydrogens is 316 g/mol. The number of fused-ring (bicyclic) bond motifs is 1. The lowest BCUT2D eigenvalue weighted by atomic mass is 10.1. The SMILES string of the molecule is O=C(NCCc1ccc(CO)cc1)NCCc1cc2ccccc2o1. The van der Waals surface area contributed by atoms with Crippen molar-refractivity contribution in [1.82, 2.24) is 10.6 Å². The zero-order valence-electron chi connectivity index (χ0n) is 14.0. The average Bonchev–Trinajstić information content (AvgIpc) is 3.05. The number of para-hydroxylation sites is 1. The molecule has 0 fully saturated rings. The normalized spacial score (nSPS) is 10.8. The summed E-state index contributed by atoms with van der Waals surface area (Å²) in [7, 11) is 0. The van der Waals surface area contributed by atoms with Crippen molar-refractivity contribution in [3.8, 4) is 0 Å². The molecule has 0 bridgehead atoms. The van der Waals surface area contributed by atoms with Gasteiger partial charge in [0.05, 0.1) is 6.61 Å². The fourth-order valence-corrected chi connectivity index (χ4v) is 2.65. The highest BCUT2D eigenvalue weighted by Crippen LogP contribution is 2.18. The van der Waals surface area contributed by atoms with Gasteiger partial charge in [-0.25, -0.2) is 4.79 Å². The molecule has 3 aromatic rings. The van der Waals surface area contributed by atoms with Gasteiger partial charge in [-0.1, -0.05) is 42.5 Å². The molecule has 0 spiro atoms. The van der Waals surface area contributed by atoms with E-state index in [-0.39, 0.29) is 12.6 Å². The Kier molecular flexibility index (Phi) is 5.69. The van der Waals surface area contributed by atoms with Crippen molar-refractivity contribution < 1.29 is 14.3 Å². The molecule has 0 radical (unpaired) electrons. The van der Waals surface area contributed by atoms with E-state index in [9.17, 15) is 4.79 Å². The molecule has 2 aromatic carbocycles. The maximum absolute atomic E-state index is 11.8. The highest BCUT2D eigenvalue weighted by atomic mass is 16.3. The first-order valence-corrected chi connectivity index (χ1v) is 8.42. The van der Waals surface area contributed by atoms with Gasteiger partial charge in [0, 0.05) is 24.9 Å². The lowest BCUT2D eigenvalue weighted by Crippen LogP contribution is -2.37. The molecule has 25 heavy (non-hydrogen) atoms. The predicted octanol–water partition coefficient (Wildman–Crippen LogP) is 3.01. The number of carbonyl (C=O) groups excluding carboxylic acids is 1. The van der Waals surface area contributed by atoms with Crippen molar-refractivity contribution >= 4 is 17.0 Å². The summed E-state index contributed by atoms with van der Waals surface area (Å²) >= 11 is 0. The Morgan fingerprint density at radius 2 is 1.60 bits per heavy atom. The Morgan fingerprint density at radius 1 is 0.920 bits per heavy atom. The highest BCUT2D eigenvalue weighted by molar-refractivity contribution is 5.77. The summed E-state index contributed by atoms with van der Waals surface area (Å²) in [4.78, 5) is 11.8. The number of carbonyl (C=O) groups is 1. The third kappa shape index (κ3) is 4.84. The molecule has 3 rings (SSSR count). The molecule has 0 unspecified atom stereocenters. The van der Waals surface area contributed by atoms with E-state index in [1.54, 1.807) is 0 Å². The molecule has 0 saturated carbocycles. The molecule has 1 heterocycles. The second kappa shape index (κ2) is 8.35. The van der Waals surface area contributed by atoms with Crippen molar-refractivity contribution in [1.29, 1.82) is 0 Å². The van der Waals surface area contributed by atoms with E-state index in [2.05, 4.69) is 10.6 Å². The largest absolute Gasteiger partial charge is 0.461 e. The van der Waals surface area contributed by atoms with E-state index in [1.807, 2.05) is 54.6 Å². The Labute approximate surface area is 146 Å². The van der Waals surface area contributed by atoms with Crippen LogP contribution in [0, 0.1) is 0 Å². The molecular formula is C20H22N2O3. The van der Waals surface area contributed by atoms with Gasteiger partial charge < -0.3 is 20.2 Å². The van der Waals surface area contributed by atoms with E-state index in [0.717, 1.165) is 34.3 Å². The summed E-state index contributed by atoms with van der Waals surface area (Å²) in [5.74, 6) is 0.866. The molecule has 0 aliphatic carbocycles. The van der Waals surface area contributed by atoms with Crippen LogP contribution in [0.5, 0.6) is 0 Å². The van der Waals surface area contributed by atoms with E-state index in [0.29, 0.717) is 19.5 Å². The number of urea groups is 1. The second-order valence-corrected chi connectivity index (χ2v) is 5.91. The van der Waals surface area contributed by atoms with Crippen LogP contribution in [0.25, 0.3) is 11.0 Å². The number of hydrogen-bond acceptors (Lipinski definition) is 3. The van der Waals surface area contributed by atoms with Crippen molar-refractivity contribution in [2.24, 2.45) is 0 Å². The van der Waals surface area contributed by atoms with Gasteiger partial charge in [-0.15, -0.1) is 0 Å². The van der Waals surface area contributed by atoms with Crippen LogP contribution in [0.4, 0.5) is 4.79 Å². The van der Waals surface area contributed by atoms with Gasteiger partial charge in [-0.05, 0) is 29.7 Å². The van der Waals surface area contributed by atoms with Crippen LogP contribution in [0.3, 0.4) is 0 Å². The van der Waals surface area contributed by atoms with Crippen LogP contribution < -0.4 is 10.6 Å². The van der Waals surface area contributed by atoms with E-state index in [4.69, 9.17) is 9.52 Å². The van der Waals surface area contributed by atoms with Crippen molar-refractivity contribution in [3.63, 3.8) is 0 Å². The Morgan fingerprint density at radius 3 is 2.32 bits per heavy atom. The Hall–Kier alpha value is -2.79. The molecule has 0 aliphatic heterocycles. The number of benzene rings is 2. The fourth-order valence-electron chi connectivity index (χ4n) is 2.65. The standard InChI is InChI=1S/C20H22N2O3/c23-14-16-7-5-15(6-8-16)9-11-21-20(24)22-12-10-18-13-17-3-1-2-4-19(17)25-18/h1-8,13,23H,9-12,14H2,(H2,21,22,24). The Balaban J connectivity index is 1.36. The van der Waals surface area contributed by atoms with Crippen molar-refractivity contribution in [3.05, 3.63) is 71.5 Å². The summed E-state index contributed by atoms with van der Waals surface area (Å²) in [5.41, 5.74) is 2.88. The minimum absolute atomic E-state index is 0.0478. The molecule has 2 amide bonds. The number of aliphatic hydroxyl groups excluding tert-OH is 1. The summed E-state index contributed by atoms with van der Waals surface area (Å²) in [5, 5.41) is 15.8. The summed E-state index contributed by atoms with van der Waals surface area (Å²) in [6.45, 7) is 1.14. The molecule has 5 nitrogen and oxygen atoms in total. The maximum Gasteiger partial charge on any atom is 0.314 e. The topological polar surface area (TPSA) is 74.5 Å². The highest BCUT2D eigenvalue weighted by Gasteiger charge is 2.04. The van der Waals surface area contributed by atoms with Crippen LogP contribution in [0.1, 0.15) is 16.9 Å². The molecule has 0 aliphatic rings. The number of furan rings is 1. The Bertz CT molecular complexity index is 791. The number of rotatable bonds is 7. The van der Waals surface area contributed by atoms with Gasteiger partial charge in [0.1, 0.15) is 11.3 Å². The van der Waals surface area contributed by atoms with Gasteiger partial charge >= 0.3 is 6.03 Å². The molecule has 3 N–H and O–H groups in total. The van der Waals surface area contributed by atoms with Crippen LogP contribution in [0.2, 0.25) is 0 Å². The molecule has 5 heteroatoms. The van der Waals surface area contributed by atoms with E-state index < -0.39 is 0 Å². The van der Waals surface area contributed by atoms with Gasteiger partial charge in [0.15, 0.2) is 0 Å². The predicted molar refractivity (Wildman–Crippen MR) is 97.4 cm³/mol. The smallest absolute Gasteiger partial charge is 0.314 e. The minimum Gasteiger partial charge on any atom is -0.461 e. The monoisotopic (exact) mass is 338 g/mol. The summed E-state index contributed by atoms with van der Waals surface area (Å²) in [6.07, 6.45) is 1.41. The third-order valence-electron chi connectivity index (χ3n) is 4.04. The minimum atomic E-state index is -0.178. The van der Waals surface area contributed by atoms with Crippen molar-refractivity contribution in [2.45, 2.75) is 19.4 Å².